The Labute approximate surface area is 175 Å². The Morgan fingerprint density at radius 2 is 1.96 bits per heavy atom. The van der Waals surface area contributed by atoms with Gasteiger partial charge in [-0.3, -0.25) is 4.79 Å². The smallest absolute Gasteiger partial charge is 0.233 e. The van der Waals surface area contributed by atoms with Crippen LogP contribution in [0.3, 0.4) is 0 Å². The second kappa shape index (κ2) is 11.0. The minimum Gasteiger partial charge on any atom is -0.440 e. The molecule has 0 saturated heterocycles. The van der Waals surface area contributed by atoms with Gasteiger partial charge in [0.05, 0.1) is 17.2 Å². The molecule has 1 amide bonds. The van der Waals surface area contributed by atoms with Crippen molar-refractivity contribution < 1.29 is 9.21 Å². The summed E-state index contributed by atoms with van der Waals surface area (Å²) < 4.78 is 5.74. The molecule has 0 fully saturated rings. The molecule has 2 aromatic rings. The van der Waals surface area contributed by atoms with Crippen LogP contribution < -0.4 is 11.1 Å². The van der Waals surface area contributed by atoms with E-state index in [1.54, 1.807) is 18.3 Å². The summed E-state index contributed by atoms with van der Waals surface area (Å²) in [7, 11) is 0. The molecule has 1 unspecified atom stereocenters. The summed E-state index contributed by atoms with van der Waals surface area (Å²) >= 11 is 7.35. The Balaban J connectivity index is 0.00000312. The third kappa shape index (κ3) is 7.37. The van der Waals surface area contributed by atoms with Crippen LogP contribution in [0.1, 0.15) is 26.7 Å². The molecule has 0 aliphatic heterocycles. The number of rotatable bonds is 7. The minimum absolute atomic E-state index is 0. The normalized spacial score (nSPS) is 11.9. The molecular weight excluding hydrogens is 417 g/mol. The van der Waals surface area contributed by atoms with Crippen molar-refractivity contribution >= 4 is 54.1 Å². The van der Waals surface area contributed by atoms with Gasteiger partial charge < -0.3 is 15.5 Å². The van der Waals surface area contributed by atoms with E-state index in [1.807, 2.05) is 32.9 Å². The molecule has 26 heavy (non-hydrogen) atoms. The molecule has 0 bridgehead atoms. The highest BCUT2D eigenvalue weighted by molar-refractivity contribution is 7.99. The Hall–Kier alpha value is -0.920. The second-order valence-electron chi connectivity index (χ2n) is 6.16. The molecule has 0 aliphatic rings. The van der Waals surface area contributed by atoms with Crippen molar-refractivity contribution in [3.05, 3.63) is 41.4 Å². The van der Waals surface area contributed by atoms with Crippen molar-refractivity contribution in [3.63, 3.8) is 0 Å². The van der Waals surface area contributed by atoms with Gasteiger partial charge in [-0.2, -0.15) is 0 Å². The van der Waals surface area contributed by atoms with Crippen LogP contribution in [-0.2, 0) is 10.5 Å². The molecule has 3 N–H and O–H groups in total. The molecule has 0 spiro atoms. The molecule has 1 aromatic heterocycles. The molecule has 1 atom stereocenters. The zero-order chi connectivity index (χ0) is 17.7. The first-order valence-electron chi connectivity index (χ1n) is 7.65. The monoisotopic (exact) mass is 439 g/mol. The van der Waals surface area contributed by atoms with Crippen molar-refractivity contribution in [2.45, 2.75) is 37.3 Å². The molecule has 2 rings (SSSR count). The molecule has 146 valence electrons. The van der Waals surface area contributed by atoms with Crippen molar-refractivity contribution in [2.24, 2.45) is 5.73 Å². The maximum atomic E-state index is 12.1. The van der Waals surface area contributed by atoms with E-state index in [9.17, 15) is 4.79 Å². The van der Waals surface area contributed by atoms with E-state index in [0.29, 0.717) is 29.0 Å². The number of hydrogen-bond acceptors (Lipinski definition) is 5. The zero-order valence-corrected chi connectivity index (χ0v) is 18.0. The first-order valence-corrected chi connectivity index (χ1v) is 9.08. The molecule has 9 heteroatoms. The predicted molar refractivity (Wildman–Crippen MR) is 113 cm³/mol. The highest BCUT2D eigenvalue weighted by Gasteiger charge is 2.22. The van der Waals surface area contributed by atoms with Crippen molar-refractivity contribution in [2.75, 3.05) is 6.54 Å². The van der Waals surface area contributed by atoms with Gasteiger partial charge in [-0.1, -0.05) is 11.6 Å². The zero-order valence-electron chi connectivity index (χ0n) is 14.8. The number of aromatic nitrogens is 1. The van der Waals surface area contributed by atoms with Gasteiger partial charge in [0.2, 0.25) is 11.8 Å². The van der Waals surface area contributed by atoms with E-state index in [4.69, 9.17) is 21.8 Å². The average Bonchev–Trinajstić information content (AvgIpc) is 3.01. The average molecular weight is 441 g/mol. The van der Waals surface area contributed by atoms with Gasteiger partial charge in [0.25, 0.3) is 0 Å². The number of amides is 1. The summed E-state index contributed by atoms with van der Waals surface area (Å²) in [6.07, 6.45) is 1.68. The standard InChI is InChI=1S/C17H22ClN3O2S.2ClH/c1-11(16(22)21-17(2,3)10-19)24-9-15-20-8-14(23-15)12-4-6-13(18)7-5-12;;/h4-8,11H,9-10,19H2,1-3H3,(H,21,22);2*1H. The number of nitrogens with zero attached hydrogens (tertiary/aromatic N) is 1. The molecular formula is C17H24Cl3N3O2S. The van der Waals surface area contributed by atoms with Gasteiger partial charge >= 0.3 is 0 Å². The van der Waals surface area contributed by atoms with Gasteiger partial charge in [-0.25, -0.2) is 4.98 Å². The summed E-state index contributed by atoms with van der Waals surface area (Å²) in [6.45, 7) is 6.04. The molecule has 5 nitrogen and oxygen atoms in total. The van der Waals surface area contributed by atoms with E-state index < -0.39 is 5.54 Å². The van der Waals surface area contributed by atoms with E-state index in [2.05, 4.69) is 10.3 Å². The third-order valence-electron chi connectivity index (χ3n) is 3.48. The molecule has 0 radical (unpaired) electrons. The number of benzene rings is 1. The largest absolute Gasteiger partial charge is 0.440 e. The van der Waals surface area contributed by atoms with E-state index >= 15 is 0 Å². The van der Waals surface area contributed by atoms with Crippen LogP contribution >= 0.6 is 48.2 Å². The lowest BCUT2D eigenvalue weighted by molar-refractivity contribution is -0.121. The Bertz CT molecular complexity index is 693. The predicted octanol–water partition coefficient (Wildman–Crippen LogP) is 4.31. The summed E-state index contributed by atoms with van der Waals surface area (Å²) in [5.74, 6) is 1.75. The number of oxazole rings is 1. The third-order valence-corrected chi connectivity index (χ3v) is 4.86. The number of nitrogens with two attached hydrogens (primary N) is 1. The molecule has 1 heterocycles. The fraction of sp³-hybridized carbons (Fsp3) is 0.412. The lowest BCUT2D eigenvalue weighted by atomic mass is 10.1. The fourth-order valence-electron chi connectivity index (χ4n) is 1.88. The lowest BCUT2D eigenvalue weighted by Gasteiger charge is -2.25. The van der Waals surface area contributed by atoms with Crippen LogP contribution in [0, 0.1) is 0 Å². The number of halogens is 3. The topological polar surface area (TPSA) is 81.2 Å². The summed E-state index contributed by atoms with van der Waals surface area (Å²) in [5.41, 5.74) is 6.14. The summed E-state index contributed by atoms with van der Waals surface area (Å²) in [6, 6.07) is 7.37. The maximum Gasteiger partial charge on any atom is 0.233 e. The Morgan fingerprint density at radius 3 is 2.54 bits per heavy atom. The molecule has 0 aliphatic carbocycles. The van der Waals surface area contributed by atoms with Gasteiger partial charge in [0.1, 0.15) is 0 Å². The fourth-order valence-corrected chi connectivity index (χ4v) is 2.75. The van der Waals surface area contributed by atoms with Gasteiger partial charge in [-0.15, -0.1) is 36.6 Å². The SMILES string of the molecule is CC(SCc1ncc(-c2ccc(Cl)cc2)o1)C(=O)NC(C)(C)CN.Cl.Cl. The summed E-state index contributed by atoms with van der Waals surface area (Å²) in [5, 5.41) is 3.38. The van der Waals surface area contributed by atoms with Crippen molar-refractivity contribution in [3.8, 4) is 11.3 Å². The van der Waals surface area contributed by atoms with Crippen LogP contribution in [0.15, 0.2) is 34.9 Å². The number of carbonyl (C=O) groups excluding carboxylic acids is 1. The number of nitrogens with one attached hydrogen (secondary N) is 1. The Morgan fingerprint density at radius 1 is 1.35 bits per heavy atom. The first-order chi connectivity index (χ1) is 11.3. The highest BCUT2D eigenvalue weighted by atomic mass is 35.5. The molecule has 0 saturated carbocycles. The van der Waals surface area contributed by atoms with Crippen LogP contribution in [0.4, 0.5) is 0 Å². The van der Waals surface area contributed by atoms with Gasteiger partial charge in [0.15, 0.2) is 5.76 Å². The van der Waals surface area contributed by atoms with Crippen LogP contribution in [0.5, 0.6) is 0 Å². The highest BCUT2D eigenvalue weighted by Crippen LogP contribution is 2.25. The quantitative estimate of drug-likeness (QED) is 0.670. The van der Waals surface area contributed by atoms with Gasteiger partial charge in [-0.05, 0) is 45.0 Å². The van der Waals surface area contributed by atoms with Crippen LogP contribution in [0.25, 0.3) is 11.3 Å². The minimum atomic E-state index is -0.406. The molecule has 1 aromatic carbocycles. The number of hydrogen-bond donors (Lipinski definition) is 2. The second-order valence-corrected chi connectivity index (χ2v) is 7.92. The maximum absolute atomic E-state index is 12.1. The van der Waals surface area contributed by atoms with Crippen molar-refractivity contribution in [1.29, 1.82) is 0 Å². The number of thioether (sulfide) groups is 1. The van der Waals surface area contributed by atoms with Crippen molar-refractivity contribution in [1.82, 2.24) is 10.3 Å². The summed E-state index contributed by atoms with van der Waals surface area (Å²) in [4.78, 5) is 16.4. The van der Waals surface area contributed by atoms with E-state index in [1.165, 1.54) is 11.8 Å². The first kappa shape index (κ1) is 25.1. The van der Waals surface area contributed by atoms with Gasteiger partial charge in [0, 0.05) is 22.7 Å². The lowest BCUT2D eigenvalue weighted by Crippen LogP contribution is -2.51. The van der Waals surface area contributed by atoms with Crippen LogP contribution in [-0.4, -0.2) is 28.2 Å². The van der Waals surface area contributed by atoms with E-state index in [-0.39, 0.29) is 36.0 Å². The number of carbonyl (C=O) groups is 1. The van der Waals surface area contributed by atoms with Crippen LogP contribution in [0.2, 0.25) is 5.02 Å². The Kier molecular flexibility index (Phi) is 10.7. The van der Waals surface area contributed by atoms with E-state index in [0.717, 1.165) is 5.56 Å².